The van der Waals surface area contributed by atoms with E-state index in [2.05, 4.69) is 5.32 Å². The molecule has 0 unspecified atom stereocenters. The summed E-state index contributed by atoms with van der Waals surface area (Å²) in [5, 5.41) is 3.02. The van der Waals surface area contributed by atoms with Crippen molar-refractivity contribution in [2.24, 2.45) is 0 Å². The highest BCUT2D eigenvalue weighted by Gasteiger charge is 2.37. The Kier molecular flexibility index (Phi) is 8.86. The highest BCUT2D eigenvalue weighted by Crippen LogP contribution is 2.37. The third kappa shape index (κ3) is 7.93. The van der Waals surface area contributed by atoms with Gasteiger partial charge < -0.3 is 15.0 Å². The van der Waals surface area contributed by atoms with Gasteiger partial charge in [-0.15, -0.1) is 0 Å². The van der Waals surface area contributed by atoms with Gasteiger partial charge in [-0.3, -0.25) is 4.79 Å². The molecule has 0 aliphatic heterocycles. The van der Waals surface area contributed by atoms with E-state index in [0.717, 1.165) is 0 Å². The average Bonchev–Trinajstić information content (AvgIpc) is 2.82. The van der Waals surface area contributed by atoms with Gasteiger partial charge in [0.2, 0.25) is 5.91 Å². The van der Waals surface area contributed by atoms with Crippen LogP contribution in [0.3, 0.4) is 0 Å². The summed E-state index contributed by atoms with van der Waals surface area (Å²) in [7, 11) is 1.49. The van der Waals surface area contributed by atoms with Crippen molar-refractivity contribution in [2.75, 3.05) is 23.9 Å². The molecule has 4 nitrogen and oxygen atoms in total. The van der Waals surface area contributed by atoms with Gasteiger partial charge in [0, 0.05) is 30.9 Å². The van der Waals surface area contributed by atoms with Gasteiger partial charge in [-0.05, 0) is 66.2 Å². The number of alkyl halides is 6. The van der Waals surface area contributed by atoms with Crippen molar-refractivity contribution in [1.82, 2.24) is 0 Å². The lowest BCUT2D eigenvalue weighted by Crippen LogP contribution is -2.28. The molecule has 0 aromatic heterocycles. The van der Waals surface area contributed by atoms with Crippen LogP contribution in [-0.4, -0.2) is 19.6 Å². The summed E-state index contributed by atoms with van der Waals surface area (Å²) < 4.78 is 85.0. The molecule has 3 aromatic rings. The summed E-state index contributed by atoms with van der Waals surface area (Å²) in [6, 6.07) is 12.3. The Labute approximate surface area is 218 Å². The van der Waals surface area contributed by atoms with Crippen LogP contribution >= 0.6 is 23.2 Å². The van der Waals surface area contributed by atoms with Gasteiger partial charge in [0.1, 0.15) is 5.75 Å². The number of methoxy groups -OCH3 is 1. The molecule has 0 radical (unpaired) electrons. The van der Waals surface area contributed by atoms with Crippen LogP contribution in [-0.2, 0) is 23.7 Å². The number of nitrogens with one attached hydrogen (secondary N) is 1. The second-order valence-corrected chi connectivity index (χ2v) is 8.78. The van der Waals surface area contributed by atoms with Crippen LogP contribution in [0.1, 0.15) is 23.1 Å². The van der Waals surface area contributed by atoms with E-state index in [1.165, 1.54) is 30.2 Å². The molecule has 0 aliphatic rings. The number of ether oxygens (including phenoxy) is 1. The second kappa shape index (κ2) is 11.5. The molecule has 0 saturated carbocycles. The molecule has 12 heteroatoms. The smallest absolute Gasteiger partial charge is 0.416 e. The van der Waals surface area contributed by atoms with Gasteiger partial charge in [-0.1, -0.05) is 23.2 Å². The van der Waals surface area contributed by atoms with Crippen molar-refractivity contribution in [3.63, 3.8) is 0 Å². The first kappa shape index (κ1) is 28.5. The first-order chi connectivity index (χ1) is 17.3. The van der Waals surface area contributed by atoms with Crippen molar-refractivity contribution in [2.45, 2.75) is 25.3 Å². The minimum absolute atomic E-state index is 0.0441. The van der Waals surface area contributed by atoms with Gasteiger partial charge in [0.15, 0.2) is 0 Å². The fourth-order valence-electron chi connectivity index (χ4n) is 3.45. The SMILES string of the molecule is COc1ccc(NC(=O)CCN(Cc2cc(C(F)(F)F)cc(C(F)(F)F)c2)c2ccc(Cl)c(Cl)c2)cc1. The minimum Gasteiger partial charge on any atom is -0.497 e. The number of amides is 1. The molecule has 1 amide bonds. The molecule has 0 spiro atoms. The molecule has 0 heterocycles. The number of nitrogens with zero attached hydrogens (tertiary/aromatic N) is 1. The van der Waals surface area contributed by atoms with E-state index in [0.29, 0.717) is 29.3 Å². The van der Waals surface area contributed by atoms with Crippen molar-refractivity contribution >= 4 is 40.5 Å². The number of hydrogen-bond acceptors (Lipinski definition) is 3. The number of anilines is 2. The maximum Gasteiger partial charge on any atom is 0.416 e. The van der Waals surface area contributed by atoms with Gasteiger partial charge in [-0.25, -0.2) is 0 Å². The Bertz CT molecular complexity index is 1220. The fourth-order valence-corrected chi connectivity index (χ4v) is 3.74. The summed E-state index contributed by atoms with van der Waals surface area (Å²) >= 11 is 12.0. The molecular weight excluding hydrogens is 545 g/mol. The average molecular weight is 565 g/mol. The first-order valence-electron chi connectivity index (χ1n) is 10.7. The number of rotatable bonds is 8. The Morgan fingerprint density at radius 2 is 1.46 bits per heavy atom. The monoisotopic (exact) mass is 564 g/mol. The predicted molar refractivity (Wildman–Crippen MR) is 130 cm³/mol. The predicted octanol–water partition coefficient (Wildman–Crippen LogP) is 8.08. The first-order valence-corrected chi connectivity index (χ1v) is 11.4. The van der Waals surface area contributed by atoms with Gasteiger partial charge in [0.25, 0.3) is 0 Å². The van der Waals surface area contributed by atoms with Crippen LogP contribution in [0.4, 0.5) is 37.7 Å². The van der Waals surface area contributed by atoms with Crippen LogP contribution in [0.25, 0.3) is 0 Å². The van der Waals surface area contributed by atoms with Gasteiger partial charge >= 0.3 is 12.4 Å². The Balaban J connectivity index is 1.87. The molecule has 0 bridgehead atoms. The molecule has 37 heavy (non-hydrogen) atoms. The van der Waals surface area contributed by atoms with Crippen molar-refractivity contribution < 1.29 is 35.9 Å². The van der Waals surface area contributed by atoms with Crippen LogP contribution in [0.15, 0.2) is 60.7 Å². The highest BCUT2D eigenvalue weighted by atomic mass is 35.5. The lowest BCUT2D eigenvalue weighted by atomic mass is 10.0. The third-order valence-corrected chi connectivity index (χ3v) is 6.01. The topological polar surface area (TPSA) is 41.6 Å². The summed E-state index contributed by atoms with van der Waals surface area (Å²) in [6.45, 7) is -0.404. The molecule has 3 rings (SSSR count). The van der Waals surface area contributed by atoms with Gasteiger partial charge in [-0.2, -0.15) is 26.3 Å². The molecule has 3 aromatic carbocycles. The quantitative estimate of drug-likeness (QED) is 0.281. The summed E-state index contributed by atoms with van der Waals surface area (Å²) in [4.78, 5) is 14.0. The van der Waals surface area contributed by atoms with Crippen LogP contribution in [0.5, 0.6) is 5.75 Å². The molecule has 198 valence electrons. The zero-order valence-electron chi connectivity index (χ0n) is 19.2. The lowest BCUT2D eigenvalue weighted by molar-refractivity contribution is -0.143. The third-order valence-electron chi connectivity index (χ3n) is 5.27. The molecular formula is C25H20Cl2F6N2O2. The Morgan fingerprint density at radius 1 is 0.865 bits per heavy atom. The van der Waals surface area contributed by atoms with Crippen LogP contribution in [0.2, 0.25) is 10.0 Å². The van der Waals surface area contributed by atoms with E-state index in [1.807, 2.05) is 0 Å². The van der Waals surface area contributed by atoms with E-state index in [1.54, 1.807) is 24.3 Å². The molecule has 1 N–H and O–H groups in total. The molecule has 0 atom stereocenters. The number of halogens is 8. The van der Waals surface area contributed by atoms with Crippen molar-refractivity contribution in [3.05, 3.63) is 87.4 Å². The lowest BCUT2D eigenvalue weighted by Gasteiger charge is -2.26. The van der Waals surface area contributed by atoms with Crippen LogP contribution < -0.4 is 15.0 Å². The summed E-state index contributed by atoms with van der Waals surface area (Å²) in [5.74, 6) is 0.165. The summed E-state index contributed by atoms with van der Waals surface area (Å²) in [6.07, 6.45) is -10.1. The molecule has 0 fully saturated rings. The summed E-state index contributed by atoms with van der Waals surface area (Å²) in [5.41, 5.74) is -2.26. The van der Waals surface area contributed by atoms with Gasteiger partial charge in [0.05, 0.1) is 28.3 Å². The van der Waals surface area contributed by atoms with E-state index in [4.69, 9.17) is 27.9 Å². The Hall–Kier alpha value is -3.11. The molecule has 0 aliphatic carbocycles. The van der Waals surface area contributed by atoms with Crippen LogP contribution in [0, 0.1) is 0 Å². The van der Waals surface area contributed by atoms with E-state index >= 15 is 0 Å². The fraction of sp³-hybridized carbons (Fsp3) is 0.240. The number of carbonyl (C=O) groups is 1. The highest BCUT2D eigenvalue weighted by molar-refractivity contribution is 6.42. The zero-order chi connectivity index (χ0) is 27.4. The maximum absolute atomic E-state index is 13.3. The Morgan fingerprint density at radius 3 is 1.97 bits per heavy atom. The van der Waals surface area contributed by atoms with E-state index in [-0.39, 0.29) is 41.2 Å². The van der Waals surface area contributed by atoms with Crippen molar-refractivity contribution in [3.8, 4) is 5.75 Å². The standard InChI is InChI=1S/C25H20Cl2F6N2O2/c1-37-20-5-2-18(3-6-20)34-23(36)8-9-35(19-4-7-21(26)22(27)13-19)14-15-10-16(24(28,29)30)12-17(11-15)25(31,32)33/h2-7,10-13H,8-9,14H2,1H3,(H,34,36). The largest absolute Gasteiger partial charge is 0.497 e. The minimum atomic E-state index is -4.98. The number of benzene rings is 3. The second-order valence-electron chi connectivity index (χ2n) is 7.96. The number of carbonyl (C=O) groups excluding carboxylic acids is 1. The van der Waals surface area contributed by atoms with E-state index in [9.17, 15) is 31.1 Å². The van der Waals surface area contributed by atoms with Crippen molar-refractivity contribution in [1.29, 1.82) is 0 Å². The molecule has 0 saturated heterocycles. The zero-order valence-corrected chi connectivity index (χ0v) is 20.7. The normalized spacial score (nSPS) is 11.8. The maximum atomic E-state index is 13.3. The van der Waals surface area contributed by atoms with E-state index < -0.39 is 29.4 Å². The number of hydrogen-bond donors (Lipinski definition) is 1.